The molecule has 0 aromatic carbocycles. The summed E-state index contributed by atoms with van der Waals surface area (Å²) in [6.07, 6.45) is 3.76. The highest BCUT2D eigenvalue weighted by Crippen LogP contribution is 2.19. The molecule has 88 valence electrons. The number of nitrogens with zero attached hydrogens (tertiary/aromatic N) is 3. The molecule has 2 rings (SSSR count). The van der Waals surface area contributed by atoms with Gasteiger partial charge >= 0.3 is 0 Å². The molecule has 5 heteroatoms. The number of hydrogen-bond acceptors (Lipinski definition) is 5. The van der Waals surface area contributed by atoms with Crippen LogP contribution in [0.1, 0.15) is 24.8 Å². The maximum absolute atomic E-state index is 8.89. The first-order valence-electron chi connectivity index (χ1n) is 5.65. The Morgan fingerprint density at radius 2 is 2.56 bits per heavy atom. The Balaban J connectivity index is 1.94. The Morgan fingerprint density at radius 3 is 3.19 bits per heavy atom. The van der Waals surface area contributed by atoms with Crippen molar-refractivity contribution in [1.29, 1.82) is 0 Å². The molecule has 1 saturated heterocycles. The normalized spacial score (nSPS) is 25.1. The maximum atomic E-state index is 8.89. The van der Waals surface area contributed by atoms with Crippen molar-refractivity contribution in [2.75, 3.05) is 13.1 Å². The number of aromatic nitrogens is 1. The molecule has 1 aromatic rings. The smallest absolute Gasteiger partial charge is 0.107 e. The van der Waals surface area contributed by atoms with Gasteiger partial charge in [-0.05, 0) is 6.42 Å². The molecular formula is C11H17N3OS. The van der Waals surface area contributed by atoms with Gasteiger partial charge in [0.25, 0.3) is 0 Å². The summed E-state index contributed by atoms with van der Waals surface area (Å²) in [4.78, 5) is 6.69. The molecule has 1 N–H and O–H groups in total. The molecule has 1 atom stereocenters. The summed E-state index contributed by atoms with van der Waals surface area (Å²) in [5.74, 6) is 0.402. The molecule has 0 spiro atoms. The lowest BCUT2D eigenvalue weighted by Crippen LogP contribution is -2.40. The summed E-state index contributed by atoms with van der Waals surface area (Å²) in [7, 11) is 0. The molecule has 16 heavy (non-hydrogen) atoms. The van der Waals surface area contributed by atoms with Gasteiger partial charge in [0.05, 0.1) is 12.3 Å². The van der Waals surface area contributed by atoms with Gasteiger partial charge in [-0.3, -0.25) is 4.90 Å². The highest BCUT2D eigenvalue weighted by Gasteiger charge is 2.24. The third-order valence-corrected chi connectivity index (χ3v) is 3.86. The summed E-state index contributed by atoms with van der Waals surface area (Å²) in [6.45, 7) is 5.01. The Kier molecular flexibility index (Phi) is 3.90. The van der Waals surface area contributed by atoms with E-state index in [-0.39, 0.29) is 0 Å². The van der Waals surface area contributed by atoms with Crippen molar-refractivity contribution in [2.45, 2.75) is 26.3 Å². The second-order valence-corrected chi connectivity index (χ2v) is 5.09. The molecule has 0 aliphatic carbocycles. The second kappa shape index (κ2) is 5.41. The van der Waals surface area contributed by atoms with E-state index in [0.717, 1.165) is 38.2 Å². The predicted molar refractivity (Wildman–Crippen MR) is 65.0 cm³/mol. The van der Waals surface area contributed by atoms with Gasteiger partial charge in [-0.25, -0.2) is 4.98 Å². The van der Waals surface area contributed by atoms with Gasteiger partial charge in [-0.2, -0.15) is 0 Å². The van der Waals surface area contributed by atoms with Crippen LogP contribution in [0.25, 0.3) is 0 Å². The predicted octanol–water partition coefficient (Wildman–Crippen LogP) is 2.21. The van der Waals surface area contributed by atoms with Crippen molar-refractivity contribution in [3.63, 3.8) is 0 Å². The summed E-state index contributed by atoms with van der Waals surface area (Å²) >= 11 is 1.70. The summed E-state index contributed by atoms with van der Waals surface area (Å²) in [5.41, 5.74) is 0.956. The van der Waals surface area contributed by atoms with Crippen LogP contribution in [0.3, 0.4) is 0 Å². The van der Waals surface area contributed by atoms with E-state index < -0.39 is 0 Å². The van der Waals surface area contributed by atoms with Crippen LogP contribution in [-0.2, 0) is 6.54 Å². The quantitative estimate of drug-likeness (QED) is 0.650. The van der Waals surface area contributed by atoms with Gasteiger partial charge in [0.15, 0.2) is 0 Å². The molecule has 0 radical (unpaired) electrons. The van der Waals surface area contributed by atoms with Crippen molar-refractivity contribution in [3.8, 4) is 0 Å². The molecule has 1 aliphatic heterocycles. The lowest BCUT2D eigenvalue weighted by atomic mass is 9.93. The van der Waals surface area contributed by atoms with Crippen LogP contribution in [-0.4, -0.2) is 33.9 Å². The molecule has 1 unspecified atom stereocenters. The van der Waals surface area contributed by atoms with Crippen LogP contribution >= 0.6 is 11.3 Å². The van der Waals surface area contributed by atoms with Crippen molar-refractivity contribution in [2.24, 2.45) is 11.1 Å². The van der Waals surface area contributed by atoms with Crippen LogP contribution in [0, 0.1) is 5.92 Å². The van der Waals surface area contributed by atoms with E-state index >= 15 is 0 Å². The zero-order valence-corrected chi connectivity index (χ0v) is 10.3. The van der Waals surface area contributed by atoms with E-state index in [0.29, 0.717) is 5.92 Å². The number of rotatable bonds is 3. The van der Waals surface area contributed by atoms with Gasteiger partial charge < -0.3 is 5.21 Å². The summed E-state index contributed by atoms with van der Waals surface area (Å²) in [6, 6.07) is 0. The third kappa shape index (κ3) is 2.59. The molecule has 1 aromatic heterocycles. The van der Waals surface area contributed by atoms with E-state index in [4.69, 9.17) is 5.21 Å². The first-order chi connectivity index (χ1) is 7.83. The number of thiazole rings is 1. The molecule has 1 aliphatic rings. The van der Waals surface area contributed by atoms with Crippen LogP contribution in [0.4, 0.5) is 0 Å². The molecule has 2 heterocycles. The first-order valence-corrected chi connectivity index (χ1v) is 6.53. The van der Waals surface area contributed by atoms with E-state index in [2.05, 4.69) is 22.0 Å². The maximum Gasteiger partial charge on any atom is 0.107 e. The highest BCUT2D eigenvalue weighted by molar-refractivity contribution is 7.09. The zero-order valence-electron chi connectivity index (χ0n) is 9.46. The Hall–Kier alpha value is -0.940. The van der Waals surface area contributed by atoms with E-state index in [1.165, 1.54) is 5.01 Å². The number of hydrogen-bond donors (Lipinski definition) is 1. The summed E-state index contributed by atoms with van der Waals surface area (Å²) < 4.78 is 0. The first kappa shape index (κ1) is 11.5. The minimum Gasteiger partial charge on any atom is -0.411 e. The number of likely N-dealkylation sites (tertiary alicyclic amines) is 1. The van der Waals surface area contributed by atoms with Crippen LogP contribution < -0.4 is 0 Å². The lowest BCUT2D eigenvalue weighted by molar-refractivity contribution is 0.220. The monoisotopic (exact) mass is 239 g/mol. The SMILES string of the molecule is CCC1CN(Cc2nccs2)CC/C1=N\O. The lowest BCUT2D eigenvalue weighted by Gasteiger charge is -2.32. The molecule has 1 fully saturated rings. The molecule has 0 amide bonds. The fraction of sp³-hybridized carbons (Fsp3) is 0.636. The van der Waals surface area contributed by atoms with Crippen molar-refractivity contribution < 1.29 is 5.21 Å². The largest absolute Gasteiger partial charge is 0.411 e. The average Bonchev–Trinajstić information content (AvgIpc) is 2.81. The van der Waals surface area contributed by atoms with Crippen molar-refractivity contribution in [1.82, 2.24) is 9.88 Å². The van der Waals surface area contributed by atoms with Crippen molar-refractivity contribution >= 4 is 17.0 Å². The van der Waals surface area contributed by atoms with Gasteiger partial charge in [0.1, 0.15) is 5.01 Å². The van der Waals surface area contributed by atoms with E-state index in [1.54, 1.807) is 11.3 Å². The number of piperidine rings is 1. The Bertz CT molecular complexity index is 350. The topological polar surface area (TPSA) is 48.7 Å². The molecule has 4 nitrogen and oxygen atoms in total. The van der Waals surface area contributed by atoms with Crippen LogP contribution in [0.15, 0.2) is 16.7 Å². The van der Waals surface area contributed by atoms with Gasteiger partial charge in [-0.1, -0.05) is 12.1 Å². The average molecular weight is 239 g/mol. The molecular weight excluding hydrogens is 222 g/mol. The second-order valence-electron chi connectivity index (χ2n) is 4.11. The van der Waals surface area contributed by atoms with Gasteiger partial charge in [-0.15, -0.1) is 11.3 Å². The zero-order chi connectivity index (χ0) is 11.4. The number of oxime groups is 1. The Labute approximate surface area is 99.6 Å². The van der Waals surface area contributed by atoms with Gasteiger partial charge in [0.2, 0.25) is 0 Å². The fourth-order valence-electron chi connectivity index (χ4n) is 2.15. The fourth-order valence-corrected chi connectivity index (χ4v) is 2.81. The standard InChI is InChI=1S/C11H17N3OS/c1-2-9-7-14(5-3-10(9)13-15)8-11-12-4-6-16-11/h4,6,9,15H,2-3,5,7-8H2,1H3/b13-10+. The van der Waals surface area contributed by atoms with E-state index in [9.17, 15) is 0 Å². The molecule has 0 saturated carbocycles. The highest BCUT2D eigenvalue weighted by atomic mass is 32.1. The minimum absolute atomic E-state index is 0.402. The van der Waals surface area contributed by atoms with E-state index in [1.807, 2.05) is 11.6 Å². The summed E-state index contributed by atoms with van der Waals surface area (Å²) in [5, 5.41) is 15.5. The third-order valence-electron chi connectivity index (χ3n) is 3.10. The van der Waals surface area contributed by atoms with Crippen LogP contribution in [0.5, 0.6) is 0 Å². The minimum atomic E-state index is 0.402. The van der Waals surface area contributed by atoms with Crippen molar-refractivity contribution in [3.05, 3.63) is 16.6 Å². The Morgan fingerprint density at radius 1 is 1.69 bits per heavy atom. The van der Waals surface area contributed by atoms with Crippen LogP contribution in [0.2, 0.25) is 0 Å². The molecule has 0 bridgehead atoms. The van der Waals surface area contributed by atoms with Gasteiger partial charge in [0, 0.05) is 37.0 Å².